The second kappa shape index (κ2) is 9.56. The van der Waals surface area contributed by atoms with Gasteiger partial charge < -0.3 is 15.2 Å². The summed E-state index contributed by atoms with van der Waals surface area (Å²) in [5.41, 5.74) is 2.79. The molecule has 0 bridgehead atoms. The van der Waals surface area contributed by atoms with E-state index in [-0.39, 0.29) is 17.3 Å². The van der Waals surface area contributed by atoms with Gasteiger partial charge in [-0.25, -0.2) is 4.39 Å². The summed E-state index contributed by atoms with van der Waals surface area (Å²) < 4.78 is 14.0. The molecular weight excluding hydrogens is 451 g/mol. The Morgan fingerprint density at radius 2 is 1.82 bits per heavy atom. The van der Waals surface area contributed by atoms with E-state index in [1.54, 1.807) is 6.07 Å². The van der Waals surface area contributed by atoms with Gasteiger partial charge in [0.2, 0.25) is 0 Å². The molecule has 4 aromatic rings. The highest BCUT2D eigenvalue weighted by Gasteiger charge is 2.18. The SMILES string of the molecule is Cc1ccc2[nH]c(=O)c3cc(C(=O)NCCCN4CCN(c5ccc(F)cc5)CC4)sc3c2c1. The molecule has 0 saturated carbocycles. The minimum atomic E-state index is -0.213. The largest absolute Gasteiger partial charge is 0.369 e. The fourth-order valence-electron chi connectivity index (χ4n) is 4.49. The molecule has 0 spiro atoms. The predicted octanol–water partition coefficient (Wildman–Crippen LogP) is 4.13. The number of pyridine rings is 1. The monoisotopic (exact) mass is 478 g/mol. The topological polar surface area (TPSA) is 68.4 Å². The van der Waals surface area contributed by atoms with Gasteiger partial charge in [0.05, 0.1) is 10.3 Å². The van der Waals surface area contributed by atoms with Crippen LogP contribution in [0.1, 0.15) is 21.7 Å². The molecule has 0 radical (unpaired) electrons. The summed E-state index contributed by atoms with van der Waals surface area (Å²) in [5.74, 6) is -0.349. The third-order valence-corrected chi connectivity index (χ3v) is 7.54. The van der Waals surface area contributed by atoms with Crippen molar-refractivity contribution in [2.45, 2.75) is 13.3 Å². The van der Waals surface area contributed by atoms with Gasteiger partial charge in [0.25, 0.3) is 11.5 Å². The molecule has 2 aromatic heterocycles. The summed E-state index contributed by atoms with van der Waals surface area (Å²) in [6.45, 7) is 7.20. The fourth-order valence-corrected chi connectivity index (χ4v) is 5.59. The van der Waals surface area contributed by atoms with E-state index in [2.05, 4.69) is 20.1 Å². The van der Waals surface area contributed by atoms with Crippen molar-refractivity contribution in [2.24, 2.45) is 0 Å². The van der Waals surface area contributed by atoms with Crippen molar-refractivity contribution in [3.8, 4) is 0 Å². The van der Waals surface area contributed by atoms with Gasteiger partial charge in [0, 0.05) is 54.0 Å². The maximum atomic E-state index is 13.1. The number of anilines is 1. The number of carbonyl (C=O) groups excluding carboxylic acids is 1. The Morgan fingerprint density at radius 1 is 1.06 bits per heavy atom. The van der Waals surface area contributed by atoms with Gasteiger partial charge in [-0.3, -0.25) is 14.5 Å². The number of piperazine rings is 1. The normalized spacial score (nSPS) is 14.7. The molecule has 0 unspecified atom stereocenters. The number of benzene rings is 2. The molecule has 176 valence electrons. The second-order valence-electron chi connectivity index (χ2n) is 8.77. The lowest BCUT2D eigenvalue weighted by Crippen LogP contribution is -2.47. The number of fused-ring (bicyclic) bond motifs is 3. The summed E-state index contributed by atoms with van der Waals surface area (Å²) in [4.78, 5) is 33.3. The van der Waals surface area contributed by atoms with Crippen LogP contribution in [-0.2, 0) is 0 Å². The lowest BCUT2D eigenvalue weighted by molar-refractivity contribution is 0.0955. The first kappa shape index (κ1) is 22.6. The van der Waals surface area contributed by atoms with Gasteiger partial charge in [-0.1, -0.05) is 11.6 Å². The van der Waals surface area contributed by atoms with Crippen LogP contribution < -0.4 is 15.8 Å². The molecule has 8 heteroatoms. The van der Waals surface area contributed by atoms with E-state index in [9.17, 15) is 14.0 Å². The van der Waals surface area contributed by atoms with Crippen LogP contribution in [0.5, 0.6) is 0 Å². The van der Waals surface area contributed by atoms with Gasteiger partial charge in [0.1, 0.15) is 5.82 Å². The van der Waals surface area contributed by atoms with Crippen molar-refractivity contribution in [3.05, 3.63) is 75.1 Å². The van der Waals surface area contributed by atoms with Crippen molar-refractivity contribution in [3.63, 3.8) is 0 Å². The summed E-state index contributed by atoms with van der Waals surface area (Å²) in [5, 5.41) is 4.54. The highest BCUT2D eigenvalue weighted by molar-refractivity contribution is 7.21. The van der Waals surface area contributed by atoms with Crippen molar-refractivity contribution in [1.82, 2.24) is 15.2 Å². The zero-order valence-electron chi connectivity index (χ0n) is 19.1. The molecule has 0 atom stereocenters. The van der Waals surface area contributed by atoms with Crippen LogP contribution >= 0.6 is 11.3 Å². The summed E-state index contributed by atoms with van der Waals surface area (Å²) >= 11 is 1.37. The van der Waals surface area contributed by atoms with E-state index < -0.39 is 0 Å². The molecule has 3 heterocycles. The molecule has 34 heavy (non-hydrogen) atoms. The van der Waals surface area contributed by atoms with Crippen LogP contribution in [0.3, 0.4) is 0 Å². The molecule has 1 aliphatic rings. The Kier molecular flexibility index (Phi) is 6.34. The van der Waals surface area contributed by atoms with Gasteiger partial charge in [-0.15, -0.1) is 11.3 Å². The molecule has 0 aliphatic carbocycles. The van der Waals surface area contributed by atoms with Crippen molar-refractivity contribution >= 4 is 43.9 Å². The number of thiophene rings is 1. The summed E-state index contributed by atoms with van der Waals surface area (Å²) in [7, 11) is 0. The van der Waals surface area contributed by atoms with E-state index in [4.69, 9.17) is 0 Å². The van der Waals surface area contributed by atoms with Gasteiger partial charge in [-0.2, -0.15) is 0 Å². The third-order valence-electron chi connectivity index (χ3n) is 6.37. The van der Waals surface area contributed by atoms with Gasteiger partial charge >= 0.3 is 0 Å². The van der Waals surface area contributed by atoms with Gasteiger partial charge in [0.15, 0.2) is 0 Å². The molecule has 2 aromatic carbocycles. The number of carbonyl (C=O) groups is 1. The summed E-state index contributed by atoms with van der Waals surface area (Å²) in [6, 6.07) is 14.3. The highest BCUT2D eigenvalue weighted by Crippen LogP contribution is 2.30. The van der Waals surface area contributed by atoms with Gasteiger partial charge in [-0.05, 0) is 62.4 Å². The van der Waals surface area contributed by atoms with Crippen LogP contribution in [0.25, 0.3) is 21.0 Å². The molecule has 1 amide bonds. The van der Waals surface area contributed by atoms with Crippen molar-refractivity contribution in [1.29, 1.82) is 0 Å². The highest BCUT2D eigenvalue weighted by atomic mass is 32.1. The Balaban J connectivity index is 1.14. The van der Waals surface area contributed by atoms with Crippen LogP contribution in [0, 0.1) is 12.7 Å². The number of hydrogen-bond acceptors (Lipinski definition) is 5. The average molecular weight is 479 g/mol. The standard InChI is InChI=1S/C26H27FN4O2S/c1-17-3-8-22-20(15-17)24-21(25(32)29-22)16-23(34-24)26(33)28-9-2-10-30-11-13-31(14-12-30)19-6-4-18(27)5-7-19/h3-8,15-16H,2,9-14H2,1H3,(H,28,33)(H,29,32). The Hall–Kier alpha value is -3.23. The van der Waals surface area contributed by atoms with Crippen molar-refractivity contribution in [2.75, 3.05) is 44.2 Å². The number of nitrogens with zero attached hydrogens (tertiary/aromatic N) is 2. The molecule has 2 N–H and O–H groups in total. The molecule has 1 saturated heterocycles. The third kappa shape index (κ3) is 4.69. The smallest absolute Gasteiger partial charge is 0.261 e. The maximum absolute atomic E-state index is 13.1. The number of aromatic amines is 1. The second-order valence-corrected chi connectivity index (χ2v) is 9.82. The number of amides is 1. The predicted molar refractivity (Wildman–Crippen MR) is 137 cm³/mol. The fraction of sp³-hybridized carbons (Fsp3) is 0.308. The first-order valence-electron chi connectivity index (χ1n) is 11.6. The van der Waals surface area contributed by atoms with E-state index in [1.807, 2.05) is 37.3 Å². The molecule has 5 rings (SSSR count). The number of rotatable bonds is 6. The first-order chi connectivity index (χ1) is 16.5. The van der Waals surface area contributed by atoms with Crippen LogP contribution in [0.2, 0.25) is 0 Å². The van der Waals surface area contributed by atoms with Crippen LogP contribution in [0.4, 0.5) is 10.1 Å². The minimum Gasteiger partial charge on any atom is -0.369 e. The zero-order valence-corrected chi connectivity index (χ0v) is 19.9. The quantitative estimate of drug-likeness (QED) is 0.409. The molecule has 1 aliphatic heterocycles. The number of aromatic nitrogens is 1. The maximum Gasteiger partial charge on any atom is 0.261 e. The Bertz CT molecular complexity index is 1390. The average Bonchev–Trinajstić information content (AvgIpc) is 3.30. The number of halogens is 1. The first-order valence-corrected chi connectivity index (χ1v) is 12.4. The van der Waals surface area contributed by atoms with Crippen LogP contribution in [0.15, 0.2) is 53.3 Å². The molecular formula is C26H27FN4O2S. The Labute approximate surface area is 201 Å². The lowest BCUT2D eigenvalue weighted by atomic mass is 10.1. The molecule has 1 fully saturated rings. The lowest BCUT2D eigenvalue weighted by Gasteiger charge is -2.36. The summed E-state index contributed by atoms with van der Waals surface area (Å²) in [6.07, 6.45) is 0.857. The van der Waals surface area contributed by atoms with E-state index in [0.717, 1.165) is 66.0 Å². The number of nitrogens with one attached hydrogen (secondary N) is 2. The zero-order chi connectivity index (χ0) is 23.7. The minimum absolute atomic E-state index is 0.137. The number of aryl methyl sites for hydroxylation is 1. The number of H-pyrrole nitrogens is 1. The number of hydrogen-bond donors (Lipinski definition) is 2. The molecule has 6 nitrogen and oxygen atoms in total. The van der Waals surface area contributed by atoms with Crippen LogP contribution in [-0.4, -0.2) is 55.1 Å². The van der Waals surface area contributed by atoms with E-state index in [0.29, 0.717) is 16.8 Å². The van der Waals surface area contributed by atoms with Crippen molar-refractivity contribution < 1.29 is 9.18 Å². The van der Waals surface area contributed by atoms with E-state index >= 15 is 0 Å². The Morgan fingerprint density at radius 3 is 2.59 bits per heavy atom. The van der Waals surface area contributed by atoms with E-state index in [1.165, 1.54) is 23.5 Å².